The molecule has 1 heterocycles. The zero-order valence-electron chi connectivity index (χ0n) is 12.7. The van der Waals surface area contributed by atoms with E-state index in [4.69, 9.17) is 5.73 Å². The third kappa shape index (κ3) is 4.34. The fraction of sp³-hybridized carbons (Fsp3) is 0.267. The number of rotatable bonds is 5. The molecule has 0 radical (unpaired) electrons. The number of H-pyrrole nitrogens is 1. The molecule has 2 rings (SSSR count). The van der Waals surface area contributed by atoms with Gasteiger partial charge in [0, 0.05) is 18.4 Å². The van der Waals surface area contributed by atoms with E-state index in [1.165, 1.54) is 17.3 Å². The van der Waals surface area contributed by atoms with E-state index >= 15 is 0 Å². The van der Waals surface area contributed by atoms with Crippen molar-refractivity contribution in [1.29, 1.82) is 0 Å². The highest BCUT2D eigenvalue weighted by Gasteiger charge is 2.04. The van der Waals surface area contributed by atoms with Crippen molar-refractivity contribution in [2.45, 2.75) is 13.8 Å². The summed E-state index contributed by atoms with van der Waals surface area (Å²) in [5.74, 6) is 0.104. The first-order valence-corrected chi connectivity index (χ1v) is 6.98. The van der Waals surface area contributed by atoms with Crippen LogP contribution in [0, 0.1) is 13.8 Å². The maximum atomic E-state index is 11.6. The van der Waals surface area contributed by atoms with Crippen LogP contribution < -0.4 is 16.4 Å². The third-order valence-corrected chi connectivity index (χ3v) is 3.20. The number of guanidine groups is 1. The second-order valence-electron chi connectivity index (χ2n) is 4.92. The van der Waals surface area contributed by atoms with E-state index in [2.05, 4.69) is 32.7 Å². The molecule has 7 nitrogen and oxygen atoms in total. The van der Waals surface area contributed by atoms with Crippen molar-refractivity contribution in [3.63, 3.8) is 0 Å². The number of hydrogen-bond acceptors (Lipinski definition) is 3. The lowest BCUT2D eigenvalue weighted by molar-refractivity contribution is 0.0950. The first-order valence-electron chi connectivity index (χ1n) is 6.98. The molecule has 0 unspecified atom stereocenters. The highest BCUT2D eigenvalue weighted by atomic mass is 16.1. The van der Waals surface area contributed by atoms with E-state index in [1.54, 1.807) is 6.07 Å². The van der Waals surface area contributed by atoms with E-state index in [0.29, 0.717) is 24.7 Å². The van der Waals surface area contributed by atoms with Gasteiger partial charge in [0.1, 0.15) is 5.69 Å². The Morgan fingerprint density at radius 3 is 2.82 bits per heavy atom. The van der Waals surface area contributed by atoms with Gasteiger partial charge in [-0.3, -0.25) is 14.9 Å². The molecule has 0 aliphatic carbocycles. The molecule has 22 heavy (non-hydrogen) atoms. The molecule has 2 aromatic rings. The van der Waals surface area contributed by atoms with E-state index in [-0.39, 0.29) is 5.91 Å². The van der Waals surface area contributed by atoms with Crippen LogP contribution in [0.25, 0.3) is 0 Å². The van der Waals surface area contributed by atoms with E-state index < -0.39 is 0 Å². The van der Waals surface area contributed by atoms with Crippen LogP contribution in [0.15, 0.2) is 35.5 Å². The van der Waals surface area contributed by atoms with Gasteiger partial charge in [-0.25, -0.2) is 0 Å². The second kappa shape index (κ2) is 7.26. The Kier molecular flexibility index (Phi) is 5.13. The van der Waals surface area contributed by atoms with Gasteiger partial charge in [-0.05, 0) is 43.2 Å². The Morgan fingerprint density at radius 1 is 1.32 bits per heavy atom. The molecule has 0 saturated carbocycles. The molecule has 5 N–H and O–H groups in total. The minimum absolute atomic E-state index is 0.214. The molecule has 116 valence electrons. The van der Waals surface area contributed by atoms with E-state index in [0.717, 1.165) is 5.69 Å². The maximum Gasteiger partial charge on any atom is 0.269 e. The number of nitrogens with one attached hydrogen (secondary N) is 3. The van der Waals surface area contributed by atoms with Crippen molar-refractivity contribution < 1.29 is 4.79 Å². The summed E-state index contributed by atoms with van der Waals surface area (Å²) in [5, 5.41) is 12.1. The lowest BCUT2D eigenvalue weighted by Crippen LogP contribution is -2.28. The molecule has 0 aliphatic heterocycles. The number of aryl methyl sites for hydroxylation is 2. The molecule has 0 atom stereocenters. The lowest BCUT2D eigenvalue weighted by atomic mass is 10.1. The number of carbonyl (C=O) groups is 1. The third-order valence-electron chi connectivity index (χ3n) is 3.20. The van der Waals surface area contributed by atoms with Crippen LogP contribution >= 0.6 is 0 Å². The smallest absolute Gasteiger partial charge is 0.269 e. The van der Waals surface area contributed by atoms with Crippen molar-refractivity contribution in [3.8, 4) is 0 Å². The van der Waals surface area contributed by atoms with Crippen LogP contribution in [0.2, 0.25) is 0 Å². The Hall–Kier alpha value is -2.83. The van der Waals surface area contributed by atoms with Gasteiger partial charge in [-0.1, -0.05) is 6.07 Å². The highest BCUT2D eigenvalue weighted by Crippen LogP contribution is 2.13. The van der Waals surface area contributed by atoms with Gasteiger partial charge in [-0.2, -0.15) is 5.10 Å². The average molecular weight is 300 g/mol. The quantitative estimate of drug-likeness (QED) is 0.378. The number of amides is 1. The monoisotopic (exact) mass is 300 g/mol. The molecule has 1 aromatic carbocycles. The molecule has 0 fully saturated rings. The van der Waals surface area contributed by atoms with Gasteiger partial charge < -0.3 is 16.4 Å². The summed E-state index contributed by atoms with van der Waals surface area (Å²) < 4.78 is 0. The highest BCUT2D eigenvalue weighted by molar-refractivity contribution is 5.93. The Morgan fingerprint density at radius 2 is 2.14 bits per heavy atom. The van der Waals surface area contributed by atoms with Gasteiger partial charge in [0.15, 0.2) is 5.96 Å². The summed E-state index contributed by atoms with van der Waals surface area (Å²) in [6.45, 7) is 4.88. The number of carbonyl (C=O) groups excluding carboxylic acids is 1. The number of benzene rings is 1. The molecule has 0 spiro atoms. The predicted octanol–water partition coefficient (Wildman–Crippen LogP) is 1.18. The summed E-state index contributed by atoms with van der Waals surface area (Å²) in [4.78, 5) is 15.8. The fourth-order valence-corrected chi connectivity index (χ4v) is 1.83. The van der Waals surface area contributed by atoms with Crippen LogP contribution in [-0.2, 0) is 0 Å². The summed E-state index contributed by atoms with van der Waals surface area (Å²) in [6, 6.07) is 7.59. The zero-order chi connectivity index (χ0) is 15.9. The molecular formula is C15H20N6O. The number of nitrogens with two attached hydrogens (primary N) is 1. The maximum absolute atomic E-state index is 11.6. The van der Waals surface area contributed by atoms with Crippen molar-refractivity contribution in [2.24, 2.45) is 10.7 Å². The second-order valence-corrected chi connectivity index (χ2v) is 4.92. The number of aromatic amines is 1. The van der Waals surface area contributed by atoms with Crippen LogP contribution in [0.1, 0.15) is 21.6 Å². The number of aromatic nitrogens is 2. The lowest BCUT2D eigenvalue weighted by Gasteiger charge is -2.08. The summed E-state index contributed by atoms with van der Waals surface area (Å²) in [5.41, 5.74) is 9.54. The Balaban J connectivity index is 1.78. The van der Waals surface area contributed by atoms with Crippen LogP contribution in [-0.4, -0.2) is 35.2 Å². The summed E-state index contributed by atoms with van der Waals surface area (Å²) in [6.07, 6.45) is 1.53. The van der Waals surface area contributed by atoms with Crippen molar-refractivity contribution in [1.82, 2.24) is 15.5 Å². The molecule has 1 amide bonds. The van der Waals surface area contributed by atoms with Crippen LogP contribution in [0.5, 0.6) is 0 Å². The largest absolute Gasteiger partial charge is 0.370 e. The van der Waals surface area contributed by atoms with Gasteiger partial charge >= 0.3 is 0 Å². The van der Waals surface area contributed by atoms with Crippen LogP contribution in [0.4, 0.5) is 5.69 Å². The van der Waals surface area contributed by atoms with E-state index in [1.807, 2.05) is 25.1 Å². The standard InChI is InChI=1S/C15H20N6O/c1-10-3-4-12(9-11(10)2)20-15(16)18-8-7-17-14(22)13-5-6-19-21-13/h3-6,9H,7-8H2,1-2H3,(H,17,22)(H,19,21)(H3,16,18,20). The van der Waals surface area contributed by atoms with Gasteiger partial charge in [-0.15, -0.1) is 0 Å². The SMILES string of the molecule is Cc1ccc(NC(N)=NCCNC(=O)c2ccn[nH]2)cc1C. The van der Waals surface area contributed by atoms with Crippen molar-refractivity contribution >= 4 is 17.6 Å². The first kappa shape index (κ1) is 15.6. The minimum Gasteiger partial charge on any atom is -0.370 e. The predicted molar refractivity (Wildman–Crippen MR) is 86.9 cm³/mol. The molecule has 0 bridgehead atoms. The normalized spacial score (nSPS) is 11.3. The molecule has 0 saturated heterocycles. The summed E-state index contributed by atoms with van der Waals surface area (Å²) in [7, 11) is 0. The molecular weight excluding hydrogens is 280 g/mol. The van der Waals surface area contributed by atoms with Gasteiger partial charge in [0.2, 0.25) is 0 Å². The van der Waals surface area contributed by atoms with Gasteiger partial charge in [0.05, 0.1) is 6.54 Å². The van der Waals surface area contributed by atoms with Crippen LogP contribution in [0.3, 0.4) is 0 Å². The van der Waals surface area contributed by atoms with Crippen molar-refractivity contribution in [2.75, 3.05) is 18.4 Å². The average Bonchev–Trinajstić information content (AvgIpc) is 3.01. The topological polar surface area (TPSA) is 108 Å². The van der Waals surface area contributed by atoms with Crippen molar-refractivity contribution in [3.05, 3.63) is 47.3 Å². The first-order chi connectivity index (χ1) is 10.6. The fourth-order valence-electron chi connectivity index (χ4n) is 1.83. The van der Waals surface area contributed by atoms with E-state index in [9.17, 15) is 4.79 Å². The number of anilines is 1. The number of aliphatic imine (C=N–C) groups is 1. The number of nitrogens with zero attached hydrogens (tertiary/aromatic N) is 2. The molecule has 1 aromatic heterocycles. The Labute approximate surface area is 129 Å². The van der Waals surface area contributed by atoms with Gasteiger partial charge in [0.25, 0.3) is 5.91 Å². The zero-order valence-corrected chi connectivity index (χ0v) is 12.7. The minimum atomic E-state index is -0.214. The molecule has 0 aliphatic rings. The summed E-state index contributed by atoms with van der Waals surface area (Å²) >= 11 is 0. The number of hydrogen-bond donors (Lipinski definition) is 4. The molecule has 7 heteroatoms. The Bertz CT molecular complexity index is 663.